The van der Waals surface area contributed by atoms with Crippen LogP contribution in [0.4, 0.5) is 0 Å². The van der Waals surface area contributed by atoms with Crippen LogP contribution < -0.4 is 11.1 Å². The van der Waals surface area contributed by atoms with E-state index >= 15 is 0 Å². The Morgan fingerprint density at radius 1 is 1.41 bits per heavy atom. The predicted molar refractivity (Wildman–Crippen MR) is 63.0 cm³/mol. The van der Waals surface area contributed by atoms with Crippen molar-refractivity contribution in [1.29, 1.82) is 0 Å². The highest BCUT2D eigenvalue weighted by atomic mass is 16.4. The molecule has 0 aliphatic carbocycles. The smallest absolute Gasteiger partial charge is 0.344 e. The van der Waals surface area contributed by atoms with Gasteiger partial charge in [0.15, 0.2) is 5.66 Å². The molecule has 90 valence electrons. The molecule has 0 saturated heterocycles. The molecule has 17 heavy (non-hydrogen) atoms. The van der Waals surface area contributed by atoms with Gasteiger partial charge in [-0.15, -0.1) is 0 Å². The van der Waals surface area contributed by atoms with Crippen molar-refractivity contribution in [2.75, 3.05) is 0 Å². The van der Waals surface area contributed by atoms with Crippen molar-refractivity contribution in [2.45, 2.75) is 12.1 Å². The molecule has 1 rings (SSSR count). The lowest BCUT2D eigenvalue weighted by molar-refractivity contribution is -0.146. The first-order chi connectivity index (χ1) is 7.98. The van der Waals surface area contributed by atoms with Crippen LogP contribution in [0, 0.1) is 0 Å². The molecule has 0 bridgehead atoms. The highest BCUT2D eigenvalue weighted by Gasteiger charge is 2.35. The van der Waals surface area contributed by atoms with E-state index in [1.54, 1.807) is 24.3 Å². The molecule has 0 aliphatic rings. The fraction of sp³-hybridized carbons (Fsp3) is 0.167. The van der Waals surface area contributed by atoms with Crippen LogP contribution in [0.15, 0.2) is 43.0 Å². The third-order valence-electron chi connectivity index (χ3n) is 2.24. The Hall–Kier alpha value is -2.14. The number of hydrogen-bond acceptors (Lipinski definition) is 3. The monoisotopic (exact) mass is 234 g/mol. The maximum atomic E-state index is 11.1. The van der Waals surface area contributed by atoms with Crippen molar-refractivity contribution in [3.8, 4) is 0 Å². The van der Waals surface area contributed by atoms with Crippen LogP contribution in [-0.2, 0) is 16.0 Å². The van der Waals surface area contributed by atoms with Crippen LogP contribution in [0.2, 0.25) is 0 Å². The molecule has 5 heteroatoms. The molecule has 1 amide bonds. The van der Waals surface area contributed by atoms with Gasteiger partial charge in [-0.3, -0.25) is 10.5 Å². The van der Waals surface area contributed by atoms with Gasteiger partial charge in [-0.1, -0.05) is 36.9 Å². The average Bonchev–Trinajstić information content (AvgIpc) is 2.29. The summed E-state index contributed by atoms with van der Waals surface area (Å²) in [6, 6.07) is 8.83. The van der Waals surface area contributed by atoms with Crippen molar-refractivity contribution in [2.24, 2.45) is 5.73 Å². The SMILES string of the molecule is C=CC(=O)N[C@](N)(Cc1ccccc1)C(=O)O. The van der Waals surface area contributed by atoms with Crippen LogP contribution in [0.5, 0.6) is 0 Å². The molecule has 4 N–H and O–H groups in total. The summed E-state index contributed by atoms with van der Waals surface area (Å²) < 4.78 is 0. The Labute approximate surface area is 98.9 Å². The molecular weight excluding hydrogens is 220 g/mol. The fourth-order valence-electron chi connectivity index (χ4n) is 1.36. The minimum Gasteiger partial charge on any atom is -0.478 e. The van der Waals surface area contributed by atoms with E-state index in [9.17, 15) is 9.59 Å². The number of rotatable bonds is 5. The molecular formula is C12H14N2O3. The van der Waals surface area contributed by atoms with Crippen LogP contribution in [0.3, 0.4) is 0 Å². The first kappa shape index (κ1) is 12.9. The number of carboxylic acid groups (broad SMARTS) is 1. The second-order valence-corrected chi connectivity index (χ2v) is 3.63. The van der Waals surface area contributed by atoms with E-state index in [1.165, 1.54) is 0 Å². The highest BCUT2D eigenvalue weighted by Crippen LogP contribution is 2.09. The van der Waals surface area contributed by atoms with Gasteiger partial charge in [-0.25, -0.2) is 4.79 Å². The van der Waals surface area contributed by atoms with Gasteiger partial charge in [0.05, 0.1) is 0 Å². The van der Waals surface area contributed by atoms with E-state index in [4.69, 9.17) is 10.8 Å². The topological polar surface area (TPSA) is 92.4 Å². The van der Waals surface area contributed by atoms with E-state index in [0.29, 0.717) is 0 Å². The molecule has 1 aromatic carbocycles. The largest absolute Gasteiger partial charge is 0.478 e. The third-order valence-corrected chi connectivity index (χ3v) is 2.24. The molecule has 0 unspecified atom stereocenters. The summed E-state index contributed by atoms with van der Waals surface area (Å²) in [6.07, 6.45) is 0.984. The zero-order valence-electron chi connectivity index (χ0n) is 9.22. The third kappa shape index (κ3) is 3.42. The van der Waals surface area contributed by atoms with Crippen LogP contribution >= 0.6 is 0 Å². The molecule has 0 spiro atoms. The number of carboxylic acids is 1. The molecule has 0 saturated carbocycles. The number of hydrogen-bond donors (Lipinski definition) is 3. The molecule has 1 aromatic rings. The van der Waals surface area contributed by atoms with Gasteiger partial charge in [0, 0.05) is 6.42 Å². The molecule has 0 radical (unpaired) electrons. The quantitative estimate of drug-likeness (QED) is 0.503. The molecule has 0 aromatic heterocycles. The Balaban J connectivity index is 2.89. The Bertz CT molecular complexity index is 431. The van der Waals surface area contributed by atoms with E-state index in [2.05, 4.69) is 11.9 Å². The lowest BCUT2D eigenvalue weighted by Crippen LogP contribution is -2.62. The summed E-state index contributed by atoms with van der Waals surface area (Å²) in [7, 11) is 0. The first-order valence-electron chi connectivity index (χ1n) is 4.99. The maximum Gasteiger partial charge on any atom is 0.344 e. The van der Waals surface area contributed by atoms with Crippen molar-refractivity contribution in [1.82, 2.24) is 5.32 Å². The van der Waals surface area contributed by atoms with Crippen LogP contribution in [0.25, 0.3) is 0 Å². The highest BCUT2D eigenvalue weighted by molar-refractivity contribution is 5.92. The number of nitrogens with one attached hydrogen (secondary N) is 1. The Morgan fingerprint density at radius 3 is 2.47 bits per heavy atom. The first-order valence-corrected chi connectivity index (χ1v) is 4.99. The molecule has 0 aliphatic heterocycles. The standard InChI is InChI=1S/C12H14N2O3/c1-2-10(15)14-12(13,11(16)17)8-9-6-4-3-5-7-9/h2-7H,1,8,13H2,(H,14,15)(H,16,17)/t12-/m1/s1. The van der Waals surface area contributed by atoms with Crippen molar-refractivity contribution in [3.63, 3.8) is 0 Å². The fourth-order valence-corrected chi connectivity index (χ4v) is 1.36. The number of benzene rings is 1. The number of carbonyl (C=O) groups is 2. The summed E-state index contributed by atoms with van der Waals surface area (Å²) in [5, 5.41) is 11.3. The number of nitrogens with two attached hydrogens (primary N) is 1. The zero-order valence-corrected chi connectivity index (χ0v) is 9.22. The second-order valence-electron chi connectivity index (χ2n) is 3.63. The van der Waals surface area contributed by atoms with Gasteiger partial charge in [0.25, 0.3) is 0 Å². The summed E-state index contributed by atoms with van der Waals surface area (Å²) in [4.78, 5) is 22.3. The summed E-state index contributed by atoms with van der Waals surface area (Å²) in [5.74, 6) is -1.91. The summed E-state index contributed by atoms with van der Waals surface area (Å²) >= 11 is 0. The minimum atomic E-state index is -1.83. The van der Waals surface area contributed by atoms with Crippen molar-refractivity contribution >= 4 is 11.9 Å². The lowest BCUT2D eigenvalue weighted by Gasteiger charge is -2.25. The van der Waals surface area contributed by atoms with Crippen molar-refractivity contribution < 1.29 is 14.7 Å². The maximum absolute atomic E-state index is 11.1. The number of amides is 1. The lowest BCUT2D eigenvalue weighted by atomic mass is 10.0. The molecule has 5 nitrogen and oxygen atoms in total. The molecule has 0 heterocycles. The van der Waals surface area contributed by atoms with Crippen LogP contribution in [-0.4, -0.2) is 22.6 Å². The van der Waals surface area contributed by atoms with Gasteiger partial charge in [-0.2, -0.15) is 0 Å². The Kier molecular flexibility index (Phi) is 4.01. The Morgan fingerprint density at radius 2 is 2.00 bits per heavy atom. The molecule has 0 fully saturated rings. The van der Waals surface area contributed by atoms with E-state index in [0.717, 1.165) is 11.6 Å². The predicted octanol–water partition coefficient (Wildman–Crippen LogP) is 0.271. The number of aliphatic carboxylic acids is 1. The second kappa shape index (κ2) is 5.27. The van der Waals surface area contributed by atoms with Gasteiger partial charge in [-0.05, 0) is 11.6 Å². The minimum absolute atomic E-state index is 0.00273. The average molecular weight is 234 g/mol. The van der Waals surface area contributed by atoms with E-state index in [1.807, 2.05) is 6.07 Å². The van der Waals surface area contributed by atoms with E-state index in [-0.39, 0.29) is 6.42 Å². The van der Waals surface area contributed by atoms with Gasteiger partial charge < -0.3 is 10.4 Å². The summed E-state index contributed by atoms with van der Waals surface area (Å²) in [6.45, 7) is 3.25. The number of carbonyl (C=O) groups excluding carboxylic acids is 1. The summed E-state index contributed by atoms with van der Waals surface area (Å²) in [5.41, 5.74) is 4.57. The zero-order chi connectivity index (χ0) is 12.9. The van der Waals surface area contributed by atoms with Crippen LogP contribution in [0.1, 0.15) is 5.56 Å². The normalized spacial score (nSPS) is 13.5. The van der Waals surface area contributed by atoms with E-state index < -0.39 is 17.5 Å². The molecule has 1 atom stereocenters. The van der Waals surface area contributed by atoms with Gasteiger partial charge in [0.1, 0.15) is 0 Å². The van der Waals surface area contributed by atoms with Gasteiger partial charge >= 0.3 is 5.97 Å². The van der Waals surface area contributed by atoms with Gasteiger partial charge in [0.2, 0.25) is 5.91 Å². The van der Waals surface area contributed by atoms with Crippen molar-refractivity contribution in [3.05, 3.63) is 48.6 Å².